The van der Waals surface area contributed by atoms with Crippen LogP contribution in [-0.4, -0.2) is 27.8 Å². The molecular weight excluding hydrogens is 281 g/mol. The van der Waals surface area contributed by atoms with Crippen molar-refractivity contribution in [2.45, 2.75) is 13.5 Å². The molecule has 0 aliphatic carbocycles. The van der Waals surface area contributed by atoms with Crippen LogP contribution >= 0.6 is 11.6 Å². The predicted molar refractivity (Wildman–Crippen MR) is 74.0 cm³/mol. The molecule has 0 radical (unpaired) electrons. The van der Waals surface area contributed by atoms with Gasteiger partial charge in [0.05, 0.1) is 18.4 Å². The summed E-state index contributed by atoms with van der Waals surface area (Å²) >= 11 is 5.94. The van der Waals surface area contributed by atoms with Gasteiger partial charge in [0.15, 0.2) is 0 Å². The van der Waals surface area contributed by atoms with Crippen LogP contribution in [0, 0.1) is 12.7 Å². The monoisotopic (exact) mass is 293 g/mol. The maximum Gasteiger partial charge on any atom is 0.274 e. The van der Waals surface area contributed by atoms with E-state index in [0.717, 1.165) is 5.69 Å². The summed E-state index contributed by atoms with van der Waals surface area (Å²) in [4.78, 5) is 21.5. The molecule has 1 aromatic heterocycles. The zero-order valence-electron chi connectivity index (χ0n) is 11.1. The van der Waals surface area contributed by atoms with E-state index in [-0.39, 0.29) is 23.7 Å². The van der Waals surface area contributed by atoms with Crippen molar-refractivity contribution in [3.05, 3.63) is 58.4 Å². The van der Waals surface area contributed by atoms with Crippen LogP contribution in [0.3, 0.4) is 0 Å². The summed E-state index contributed by atoms with van der Waals surface area (Å²) < 4.78 is 13.7. The van der Waals surface area contributed by atoms with Gasteiger partial charge in [0.25, 0.3) is 5.91 Å². The standard InChI is InChI=1S/C14H13ClFN3O/c1-9-6-18-13(7-17-9)14(20)19(2)8-10-11(15)4-3-5-12(10)16/h3-7H,8H2,1-2H3. The van der Waals surface area contributed by atoms with Crippen LogP contribution < -0.4 is 0 Å². The molecule has 0 fully saturated rings. The Hall–Kier alpha value is -2.01. The van der Waals surface area contributed by atoms with Gasteiger partial charge in [-0.3, -0.25) is 9.78 Å². The Bertz CT molecular complexity index is 611. The topological polar surface area (TPSA) is 46.1 Å². The average molecular weight is 294 g/mol. The number of benzene rings is 1. The molecule has 1 aromatic carbocycles. The lowest BCUT2D eigenvalue weighted by molar-refractivity contribution is 0.0777. The summed E-state index contributed by atoms with van der Waals surface area (Å²) in [7, 11) is 1.56. The lowest BCUT2D eigenvalue weighted by Crippen LogP contribution is -2.27. The zero-order valence-corrected chi connectivity index (χ0v) is 11.9. The fraction of sp³-hybridized carbons (Fsp3) is 0.214. The van der Waals surface area contributed by atoms with Crippen molar-refractivity contribution in [3.8, 4) is 0 Å². The number of hydrogen-bond donors (Lipinski definition) is 0. The normalized spacial score (nSPS) is 10.4. The quantitative estimate of drug-likeness (QED) is 0.874. The predicted octanol–water partition coefficient (Wildman–Crippen LogP) is 2.85. The average Bonchev–Trinajstić information content (AvgIpc) is 2.43. The van der Waals surface area contributed by atoms with Crippen LogP contribution in [0.15, 0.2) is 30.6 Å². The Morgan fingerprint density at radius 3 is 2.70 bits per heavy atom. The van der Waals surface area contributed by atoms with Crippen LogP contribution in [0.2, 0.25) is 5.02 Å². The van der Waals surface area contributed by atoms with E-state index in [2.05, 4.69) is 9.97 Å². The summed E-state index contributed by atoms with van der Waals surface area (Å²) in [5.41, 5.74) is 1.22. The first-order valence-electron chi connectivity index (χ1n) is 5.96. The van der Waals surface area contributed by atoms with Gasteiger partial charge < -0.3 is 4.90 Å². The summed E-state index contributed by atoms with van der Waals surface area (Å²) in [6.07, 6.45) is 2.91. The molecular formula is C14H13ClFN3O. The summed E-state index contributed by atoms with van der Waals surface area (Å²) in [6.45, 7) is 1.85. The van der Waals surface area contributed by atoms with E-state index >= 15 is 0 Å². The zero-order chi connectivity index (χ0) is 14.7. The van der Waals surface area contributed by atoms with Gasteiger partial charge in [0.2, 0.25) is 0 Å². The second-order valence-electron chi connectivity index (χ2n) is 4.40. The van der Waals surface area contributed by atoms with Crippen LogP contribution in [0.5, 0.6) is 0 Å². The molecule has 20 heavy (non-hydrogen) atoms. The molecule has 0 unspecified atom stereocenters. The highest BCUT2D eigenvalue weighted by Crippen LogP contribution is 2.20. The van der Waals surface area contributed by atoms with Crippen molar-refractivity contribution in [1.82, 2.24) is 14.9 Å². The first-order valence-corrected chi connectivity index (χ1v) is 6.34. The van der Waals surface area contributed by atoms with E-state index in [9.17, 15) is 9.18 Å². The maximum absolute atomic E-state index is 13.7. The fourth-order valence-electron chi connectivity index (χ4n) is 1.69. The summed E-state index contributed by atoms with van der Waals surface area (Å²) in [5.74, 6) is -0.774. The number of halogens is 2. The minimum atomic E-state index is -0.438. The van der Waals surface area contributed by atoms with E-state index in [1.807, 2.05) is 0 Å². The third kappa shape index (κ3) is 3.11. The number of rotatable bonds is 3. The van der Waals surface area contributed by atoms with Crippen LogP contribution in [0.1, 0.15) is 21.7 Å². The van der Waals surface area contributed by atoms with Gasteiger partial charge in [-0.15, -0.1) is 0 Å². The molecule has 0 aliphatic heterocycles. The lowest BCUT2D eigenvalue weighted by atomic mass is 10.2. The highest BCUT2D eigenvalue weighted by atomic mass is 35.5. The Kier molecular flexibility index (Phi) is 4.29. The van der Waals surface area contributed by atoms with Crippen molar-refractivity contribution < 1.29 is 9.18 Å². The van der Waals surface area contributed by atoms with Crippen LogP contribution in [0.25, 0.3) is 0 Å². The third-order valence-electron chi connectivity index (χ3n) is 2.80. The molecule has 1 amide bonds. The molecule has 0 saturated carbocycles. The van der Waals surface area contributed by atoms with Crippen molar-refractivity contribution in [2.24, 2.45) is 0 Å². The number of carbonyl (C=O) groups is 1. The second-order valence-corrected chi connectivity index (χ2v) is 4.81. The molecule has 2 aromatic rings. The number of aryl methyl sites for hydroxylation is 1. The van der Waals surface area contributed by atoms with Gasteiger partial charge in [-0.05, 0) is 19.1 Å². The number of amides is 1. The minimum Gasteiger partial charge on any atom is -0.336 e. The highest BCUT2D eigenvalue weighted by Gasteiger charge is 2.17. The van der Waals surface area contributed by atoms with Gasteiger partial charge in [0, 0.05) is 23.8 Å². The molecule has 1 heterocycles. The van der Waals surface area contributed by atoms with Crippen LogP contribution in [0.4, 0.5) is 4.39 Å². The van der Waals surface area contributed by atoms with E-state index in [0.29, 0.717) is 5.02 Å². The van der Waals surface area contributed by atoms with Crippen molar-refractivity contribution in [1.29, 1.82) is 0 Å². The number of nitrogens with zero attached hydrogens (tertiary/aromatic N) is 3. The van der Waals surface area contributed by atoms with Crippen molar-refractivity contribution in [3.63, 3.8) is 0 Å². The maximum atomic E-state index is 13.7. The SMILES string of the molecule is Cc1cnc(C(=O)N(C)Cc2c(F)cccc2Cl)cn1. The Labute approximate surface area is 121 Å². The first-order chi connectivity index (χ1) is 9.49. The highest BCUT2D eigenvalue weighted by molar-refractivity contribution is 6.31. The molecule has 0 atom stereocenters. The Morgan fingerprint density at radius 2 is 2.10 bits per heavy atom. The molecule has 0 aliphatic rings. The van der Waals surface area contributed by atoms with E-state index in [1.54, 1.807) is 20.0 Å². The Balaban J connectivity index is 2.17. The van der Waals surface area contributed by atoms with Gasteiger partial charge in [0.1, 0.15) is 11.5 Å². The second kappa shape index (κ2) is 5.96. The number of aromatic nitrogens is 2. The number of carbonyl (C=O) groups excluding carboxylic acids is 1. The Morgan fingerprint density at radius 1 is 1.35 bits per heavy atom. The minimum absolute atomic E-state index is 0.0693. The van der Waals surface area contributed by atoms with Crippen LogP contribution in [-0.2, 0) is 6.54 Å². The molecule has 0 N–H and O–H groups in total. The van der Waals surface area contributed by atoms with E-state index in [1.165, 1.54) is 29.4 Å². The van der Waals surface area contributed by atoms with Gasteiger partial charge in [-0.2, -0.15) is 0 Å². The smallest absolute Gasteiger partial charge is 0.274 e. The molecule has 0 saturated heterocycles. The summed E-state index contributed by atoms with van der Waals surface area (Å²) in [6, 6.07) is 4.42. The fourth-order valence-corrected chi connectivity index (χ4v) is 1.91. The summed E-state index contributed by atoms with van der Waals surface area (Å²) in [5, 5.41) is 0.291. The third-order valence-corrected chi connectivity index (χ3v) is 3.16. The largest absolute Gasteiger partial charge is 0.336 e. The van der Waals surface area contributed by atoms with Gasteiger partial charge >= 0.3 is 0 Å². The van der Waals surface area contributed by atoms with E-state index in [4.69, 9.17) is 11.6 Å². The lowest BCUT2D eigenvalue weighted by Gasteiger charge is -2.17. The number of hydrogen-bond acceptors (Lipinski definition) is 3. The molecule has 4 nitrogen and oxygen atoms in total. The first kappa shape index (κ1) is 14.4. The molecule has 104 valence electrons. The van der Waals surface area contributed by atoms with Crippen molar-refractivity contribution >= 4 is 17.5 Å². The molecule has 0 spiro atoms. The molecule has 6 heteroatoms. The molecule has 2 rings (SSSR count). The van der Waals surface area contributed by atoms with Gasteiger partial charge in [-0.25, -0.2) is 9.37 Å². The van der Waals surface area contributed by atoms with Gasteiger partial charge in [-0.1, -0.05) is 17.7 Å². The van der Waals surface area contributed by atoms with Crippen molar-refractivity contribution in [2.75, 3.05) is 7.05 Å². The molecule has 0 bridgehead atoms. The van der Waals surface area contributed by atoms with E-state index < -0.39 is 5.82 Å².